The van der Waals surface area contributed by atoms with E-state index in [1.807, 2.05) is 6.92 Å². The van der Waals surface area contributed by atoms with Crippen LogP contribution in [0.2, 0.25) is 5.02 Å². The number of halogens is 2. The Kier molecular flexibility index (Phi) is 3.64. The van der Waals surface area contributed by atoms with Crippen molar-refractivity contribution < 1.29 is 9.18 Å². The smallest absolute Gasteiger partial charge is 0.226 e. The highest BCUT2D eigenvalue weighted by Gasteiger charge is 2.25. The molecule has 0 spiro atoms. The summed E-state index contributed by atoms with van der Waals surface area (Å²) in [7, 11) is 0. The summed E-state index contributed by atoms with van der Waals surface area (Å²) in [5.74, 6) is -0.373. The summed E-state index contributed by atoms with van der Waals surface area (Å²) in [5, 5.41) is 6.00. The highest BCUT2D eigenvalue weighted by Crippen LogP contribution is 2.21. The highest BCUT2D eigenvalue weighted by atomic mass is 35.5. The number of carbonyl (C=O) groups is 1. The fourth-order valence-corrected chi connectivity index (χ4v) is 1.86. The SMILES string of the molecule is CC(NC(=O)C1CNC1)c1ccc(F)c(Cl)c1. The minimum absolute atomic E-state index is 0.0247. The van der Waals surface area contributed by atoms with Crippen LogP contribution in [-0.4, -0.2) is 19.0 Å². The van der Waals surface area contributed by atoms with Gasteiger partial charge in [0.1, 0.15) is 5.82 Å². The monoisotopic (exact) mass is 256 g/mol. The first-order valence-corrected chi connectivity index (χ1v) is 5.92. The van der Waals surface area contributed by atoms with Crippen molar-refractivity contribution in [1.29, 1.82) is 0 Å². The molecule has 1 unspecified atom stereocenters. The number of nitrogens with one attached hydrogen (secondary N) is 2. The molecule has 1 aromatic carbocycles. The number of hydrogen-bond donors (Lipinski definition) is 2. The minimum Gasteiger partial charge on any atom is -0.349 e. The predicted molar refractivity (Wildman–Crippen MR) is 64.3 cm³/mol. The Labute approximate surface area is 104 Å². The fraction of sp³-hybridized carbons (Fsp3) is 0.417. The third-order valence-corrected chi connectivity index (χ3v) is 3.24. The summed E-state index contributed by atoms with van der Waals surface area (Å²) < 4.78 is 13.0. The minimum atomic E-state index is -0.447. The summed E-state index contributed by atoms with van der Waals surface area (Å²) in [6, 6.07) is 4.32. The van der Waals surface area contributed by atoms with Crippen molar-refractivity contribution in [2.45, 2.75) is 13.0 Å². The van der Waals surface area contributed by atoms with E-state index in [9.17, 15) is 9.18 Å². The van der Waals surface area contributed by atoms with Gasteiger partial charge >= 0.3 is 0 Å². The van der Waals surface area contributed by atoms with Crippen LogP contribution >= 0.6 is 11.6 Å². The molecule has 5 heteroatoms. The van der Waals surface area contributed by atoms with Crippen molar-refractivity contribution in [1.82, 2.24) is 10.6 Å². The highest BCUT2D eigenvalue weighted by molar-refractivity contribution is 6.30. The van der Waals surface area contributed by atoms with E-state index in [4.69, 9.17) is 11.6 Å². The van der Waals surface area contributed by atoms with Crippen LogP contribution in [0.5, 0.6) is 0 Å². The van der Waals surface area contributed by atoms with Gasteiger partial charge < -0.3 is 10.6 Å². The van der Waals surface area contributed by atoms with Gasteiger partial charge in [0, 0.05) is 13.1 Å². The van der Waals surface area contributed by atoms with Crippen molar-refractivity contribution in [2.75, 3.05) is 13.1 Å². The van der Waals surface area contributed by atoms with Crippen LogP contribution in [0.1, 0.15) is 18.5 Å². The Hall–Kier alpha value is -1.13. The first-order valence-electron chi connectivity index (χ1n) is 5.54. The summed E-state index contributed by atoms with van der Waals surface area (Å²) in [6.07, 6.45) is 0. The van der Waals surface area contributed by atoms with Gasteiger partial charge in [0.15, 0.2) is 0 Å². The molecule has 0 aromatic heterocycles. The van der Waals surface area contributed by atoms with Gasteiger partial charge in [-0.25, -0.2) is 4.39 Å². The number of amides is 1. The van der Waals surface area contributed by atoms with Crippen LogP contribution in [0, 0.1) is 11.7 Å². The van der Waals surface area contributed by atoms with Crippen LogP contribution in [0.15, 0.2) is 18.2 Å². The first-order chi connectivity index (χ1) is 8.08. The van der Waals surface area contributed by atoms with Gasteiger partial charge in [0.25, 0.3) is 0 Å². The van der Waals surface area contributed by atoms with Gasteiger partial charge in [-0.15, -0.1) is 0 Å². The molecule has 17 heavy (non-hydrogen) atoms. The number of rotatable bonds is 3. The lowest BCUT2D eigenvalue weighted by molar-refractivity contribution is -0.127. The largest absolute Gasteiger partial charge is 0.349 e. The molecule has 2 rings (SSSR count). The zero-order valence-electron chi connectivity index (χ0n) is 9.47. The van der Waals surface area contributed by atoms with Crippen LogP contribution < -0.4 is 10.6 Å². The van der Waals surface area contributed by atoms with Gasteiger partial charge in [-0.3, -0.25) is 4.79 Å². The van der Waals surface area contributed by atoms with Gasteiger partial charge in [-0.05, 0) is 24.6 Å². The van der Waals surface area contributed by atoms with Gasteiger partial charge in [0.2, 0.25) is 5.91 Å². The molecule has 0 aliphatic carbocycles. The van der Waals surface area contributed by atoms with Gasteiger partial charge in [-0.1, -0.05) is 17.7 Å². The Bertz CT molecular complexity index is 435. The molecule has 92 valence electrons. The third-order valence-electron chi connectivity index (χ3n) is 2.95. The normalized spacial score (nSPS) is 17.4. The van der Waals surface area contributed by atoms with E-state index in [-0.39, 0.29) is 22.9 Å². The van der Waals surface area contributed by atoms with Crippen LogP contribution in [0.25, 0.3) is 0 Å². The Morgan fingerprint density at radius 3 is 2.82 bits per heavy atom. The Balaban J connectivity index is 2.00. The standard InChI is InChI=1S/C12H14ClFN2O/c1-7(16-12(17)9-5-15-6-9)8-2-3-11(14)10(13)4-8/h2-4,7,9,15H,5-6H2,1H3,(H,16,17). The summed E-state index contributed by atoms with van der Waals surface area (Å²) >= 11 is 5.70. The molecule has 0 saturated carbocycles. The van der Waals surface area contributed by atoms with E-state index in [1.54, 1.807) is 12.1 Å². The van der Waals surface area contributed by atoms with Crippen LogP contribution in [-0.2, 0) is 4.79 Å². The molecule has 1 amide bonds. The molecule has 1 saturated heterocycles. The van der Waals surface area contributed by atoms with E-state index in [2.05, 4.69) is 10.6 Å². The molecule has 3 nitrogen and oxygen atoms in total. The molecule has 1 aromatic rings. The molecule has 0 radical (unpaired) electrons. The topological polar surface area (TPSA) is 41.1 Å². The van der Waals surface area contributed by atoms with Crippen LogP contribution in [0.3, 0.4) is 0 Å². The average Bonchev–Trinajstić information content (AvgIpc) is 2.19. The van der Waals surface area contributed by atoms with E-state index in [0.717, 1.165) is 18.7 Å². The van der Waals surface area contributed by atoms with Crippen molar-refractivity contribution >= 4 is 17.5 Å². The number of carbonyl (C=O) groups excluding carboxylic acids is 1. The second kappa shape index (κ2) is 5.02. The molecular weight excluding hydrogens is 243 g/mol. The lowest BCUT2D eigenvalue weighted by atomic mass is 10.0. The van der Waals surface area contributed by atoms with E-state index in [1.165, 1.54) is 6.07 Å². The molecular formula is C12H14ClFN2O. The summed E-state index contributed by atoms with van der Waals surface area (Å²) in [4.78, 5) is 11.7. The second-order valence-corrected chi connectivity index (χ2v) is 4.67. The lowest BCUT2D eigenvalue weighted by Gasteiger charge is -2.27. The zero-order chi connectivity index (χ0) is 12.4. The Morgan fingerprint density at radius 1 is 1.59 bits per heavy atom. The van der Waals surface area contributed by atoms with E-state index in [0.29, 0.717) is 0 Å². The predicted octanol–water partition coefficient (Wildman–Crippen LogP) is 1.88. The van der Waals surface area contributed by atoms with Crippen molar-refractivity contribution in [3.05, 3.63) is 34.6 Å². The molecule has 1 heterocycles. The quantitative estimate of drug-likeness (QED) is 0.867. The maximum absolute atomic E-state index is 13.0. The van der Waals surface area contributed by atoms with Crippen molar-refractivity contribution in [2.24, 2.45) is 5.92 Å². The molecule has 0 bridgehead atoms. The molecule has 1 fully saturated rings. The lowest BCUT2D eigenvalue weighted by Crippen LogP contribution is -2.51. The second-order valence-electron chi connectivity index (χ2n) is 4.26. The first kappa shape index (κ1) is 12.3. The van der Waals surface area contributed by atoms with Gasteiger partial charge in [0.05, 0.1) is 17.0 Å². The third kappa shape index (κ3) is 2.76. The van der Waals surface area contributed by atoms with Crippen molar-refractivity contribution in [3.8, 4) is 0 Å². The number of hydrogen-bond acceptors (Lipinski definition) is 2. The molecule has 1 atom stereocenters. The maximum atomic E-state index is 13.0. The van der Waals surface area contributed by atoms with E-state index < -0.39 is 5.82 Å². The van der Waals surface area contributed by atoms with Crippen molar-refractivity contribution in [3.63, 3.8) is 0 Å². The van der Waals surface area contributed by atoms with Crippen LogP contribution in [0.4, 0.5) is 4.39 Å². The number of benzene rings is 1. The van der Waals surface area contributed by atoms with E-state index >= 15 is 0 Å². The summed E-state index contributed by atoms with van der Waals surface area (Å²) in [6.45, 7) is 3.30. The molecule has 1 aliphatic heterocycles. The molecule has 1 aliphatic rings. The maximum Gasteiger partial charge on any atom is 0.226 e. The Morgan fingerprint density at radius 2 is 2.29 bits per heavy atom. The van der Waals surface area contributed by atoms with Gasteiger partial charge in [-0.2, -0.15) is 0 Å². The fourth-order valence-electron chi connectivity index (χ4n) is 1.67. The molecule has 2 N–H and O–H groups in total. The summed E-state index contributed by atoms with van der Waals surface area (Å²) in [5.41, 5.74) is 0.803. The zero-order valence-corrected chi connectivity index (χ0v) is 10.2. The average molecular weight is 257 g/mol.